The standard InChI is InChI=1S/C29H36ClFN5OP/c1-38(2,37)27-16-22(31)10-12-26(27)35-28-25(30)17-33-29(36-28)34-24-11-9-20-7-5-18(6-8-21(20)15-24)3-4-19-13-23(32)14-19/h9-12,15-19,23H,3-8,13-14,32H2,1-2H3,(H2,33,34,35,36)/t18-,19?,23?/m0/s1. The van der Waals surface area contributed by atoms with Crippen LogP contribution in [0.1, 0.15) is 49.7 Å². The Labute approximate surface area is 229 Å². The number of nitrogens with two attached hydrogens (primary N) is 1. The lowest BCUT2D eigenvalue weighted by Crippen LogP contribution is -2.36. The van der Waals surface area contributed by atoms with Crippen LogP contribution in [0.2, 0.25) is 5.02 Å². The fourth-order valence-electron chi connectivity index (χ4n) is 5.65. The molecule has 202 valence electrons. The molecule has 3 aromatic rings. The summed E-state index contributed by atoms with van der Waals surface area (Å²) in [6, 6.07) is 11.1. The molecule has 0 aliphatic heterocycles. The first-order chi connectivity index (χ1) is 18.1. The highest BCUT2D eigenvalue weighted by molar-refractivity contribution is 7.70. The number of hydrogen-bond donors (Lipinski definition) is 3. The molecular formula is C29H36ClFN5OP. The topological polar surface area (TPSA) is 92.9 Å². The third kappa shape index (κ3) is 6.56. The second-order valence-electron chi connectivity index (χ2n) is 11.3. The van der Waals surface area contributed by atoms with Crippen LogP contribution in [-0.4, -0.2) is 29.3 Å². The van der Waals surface area contributed by atoms with Crippen molar-refractivity contribution in [3.05, 3.63) is 64.6 Å². The first kappa shape index (κ1) is 27.1. The number of fused-ring (bicyclic) bond motifs is 1. The third-order valence-corrected chi connectivity index (χ3v) is 9.71. The van der Waals surface area contributed by atoms with Gasteiger partial charge in [0.25, 0.3) is 0 Å². The minimum atomic E-state index is -2.74. The SMILES string of the molecule is CP(C)(=O)c1cc(F)ccc1Nc1nc(Nc2ccc3c(c2)CC[C@@H](CCC2CC(N)C2)CC3)ncc1Cl. The minimum Gasteiger partial charge on any atom is -0.338 e. The van der Waals surface area contributed by atoms with E-state index in [2.05, 4.69) is 38.8 Å². The molecule has 1 atom stereocenters. The quantitative estimate of drug-likeness (QED) is 0.204. The number of rotatable bonds is 8. The number of nitrogens with one attached hydrogen (secondary N) is 2. The van der Waals surface area contributed by atoms with Gasteiger partial charge in [0.2, 0.25) is 5.95 Å². The lowest BCUT2D eigenvalue weighted by atomic mass is 9.76. The molecule has 5 rings (SSSR count). The van der Waals surface area contributed by atoms with E-state index < -0.39 is 13.0 Å². The van der Waals surface area contributed by atoms with Crippen LogP contribution in [0.25, 0.3) is 0 Å². The average Bonchev–Trinajstić information content (AvgIpc) is 3.05. The maximum absolute atomic E-state index is 13.9. The Morgan fingerprint density at radius 1 is 1.03 bits per heavy atom. The summed E-state index contributed by atoms with van der Waals surface area (Å²) in [5.74, 6) is 1.93. The molecule has 38 heavy (non-hydrogen) atoms. The molecule has 0 radical (unpaired) electrons. The normalized spacial score (nSPS) is 21.2. The molecule has 6 nitrogen and oxygen atoms in total. The van der Waals surface area contributed by atoms with Crippen molar-refractivity contribution in [2.45, 2.75) is 57.4 Å². The number of anilines is 4. The zero-order chi connectivity index (χ0) is 26.9. The monoisotopic (exact) mass is 555 g/mol. The van der Waals surface area contributed by atoms with E-state index in [4.69, 9.17) is 17.3 Å². The molecule has 0 saturated heterocycles. The number of hydrogen-bond acceptors (Lipinski definition) is 6. The molecule has 4 N–H and O–H groups in total. The second kappa shape index (κ2) is 11.3. The van der Waals surface area contributed by atoms with E-state index in [-0.39, 0.29) is 0 Å². The lowest BCUT2D eigenvalue weighted by molar-refractivity contribution is 0.227. The van der Waals surface area contributed by atoms with Crippen molar-refractivity contribution in [2.24, 2.45) is 17.6 Å². The van der Waals surface area contributed by atoms with Gasteiger partial charge in [-0.1, -0.05) is 30.5 Å². The van der Waals surface area contributed by atoms with Crippen molar-refractivity contribution in [2.75, 3.05) is 24.0 Å². The maximum atomic E-state index is 13.9. The summed E-state index contributed by atoms with van der Waals surface area (Å²) in [7, 11) is -2.74. The fraction of sp³-hybridized carbons (Fsp3) is 0.448. The molecule has 1 saturated carbocycles. The predicted octanol–water partition coefficient (Wildman–Crippen LogP) is 7.02. The van der Waals surface area contributed by atoms with Crippen molar-refractivity contribution in [1.29, 1.82) is 0 Å². The summed E-state index contributed by atoms with van der Waals surface area (Å²) >= 11 is 6.37. The van der Waals surface area contributed by atoms with E-state index in [0.29, 0.717) is 33.8 Å². The summed E-state index contributed by atoms with van der Waals surface area (Å²) in [6.07, 6.45) is 11.2. The Morgan fingerprint density at radius 3 is 2.50 bits per heavy atom. The molecule has 0 amide bonds. The number of benzene rings is 2. The molecule has 1 heterocycles. The molecule has 0 bridgehead atoms. The van der Waals surface area contributed by atoms with E-state index >= 15 is 0 Å². The minimum absolute atomic E-state index is 0.310. The van der Waals surface area contributed by atoms with E-state index in [1.165, 1.54) is 68.0 Å². The summed E-state index contributed by atoms with van der Waals surface area (Å²) < 4.78 is 26.6. The van der Waals surface area contributed by atoms with E-state index in [9.17, 15) is 8.96 Å². The smallest absolute Gasteiger partial charge is 0.229 e. The van der Waals surface area contributed by atoms with E-state index in [1.54, 1.807) is 19.4 Å². The van der Waals surface area contributed by atoms with Crippen LogP contribution >= 0.6 is 18.7 Å². The van der Waals surface area contributed by atoms with Crippen molar-refractivity contribution in [3.63, 3.8) is 0 Å². The van der Waals surface area contributed by atoms with Gasteiger partial charge >= 0.3 is 0 Å². The van der Waals surface area contributed by atoms with Crippen molar-refractivity contribution in [1.82, 2.24) is 9.97 Å². The number of nitrogens with zero attached hydrogens (tertiary/aromatic N) is 2. The van der Waals surface area contributed by atoms with Gasteiger partial charge in [-0.25, -0.2) is 9.37 Å². The Kier molecular flexibility index (Phi) is 8.08. The highest BCUT2D eigenvalue weighted by atomic mass is 35.5. The first-order valence-electron chi connectivity index (χ1n) is 13.4. The highest BCUT2D eigenvalue weighted by Crippen LogP contribution is 2.39. The summed E-state index contributed by atoms with van der Waals surface area (Å²) in [5, 5.41) is 7.14. The van der Waals surface area contributed by atoms with Crippen molar-refractivity contribution < 1.29 is 8.96 Å². The fourth-order valence-corrected chi connectivity index (χ4v) is 6.94. The van der Waals surface area contributed by atoms with Crippen LogP contribution in [0, 0.1) is 17.7 Å². The van der Waals surface area contributed by atoms with Gasteiger partial charge in [-0.15, -0.1) is 0 Å². The molecule has 1 aromatic heterocycles. The third-order valence-electron chi connectivity index (χ3n) is 7.90. The van der Waals surface area contributed by atoms with Crippen molar-refractivity contribution >= 4 is 47.2 Å². The van der Waals surface area contributed by atoms with Gasteiger partial charge in [-0.3, -0.25) is 0 Å². The Bertz CT molecular complexity index is 1360. The predicted molar refractivity (Wildman–Crippen MR) is 156 cm³/mol. The van der Waals surface area contributed by atoms with Crippen LogP contribution in [0.3, 0.4) is 0 Å². The van der Waals surface area contributed by atoms with Crippen LogP contribution in [0.15, 0.2) is 42.6 Å². The molecule has 1 fully saturated rings. The Balaban J connectivity index is 1.26. The van der Waals surface area contributed by atoms with Gasteiger partial charge in [0.1, 0.15) is 18.0 Å². The summed E-state index contributed by atoms with van der Waals surface area (Å²) in [4.78, 5) is 8.90. The molecule has 9 heteroatoms. The molecule has 2 aliphatic carbocycles. The van der Waals surface area contributed by atoms with Crippen LogP contribution < -0.4 is 21.7 Å². The Hall–Kier alpha value is -2.47. The number of aromatic nitrogens is 2. The average molecular weight is 556 g/mol. The highest BCUT2D eigenvalue weighted by Gasteiger charge is 2.27. The van der Waals surface area contributed by atoms with Gasteiger partial charge < -0.3 is 20.9 Å². The van der Waals surface area contributed by atoms with E-state index in [0.717, 1.165) is 30.4 Å². The number of aryl methyl sites for hydroxylation is 2. The van der Waals surface area contributed by atoms with E-state index in [1.807, 2.05) is 0 Å². The molecule has 2 aliphatic rings. The van der Waals surface area contributed by atoms with Gasteiger partial charge in [-0.2, -0.15) is 4.98 Å². The van der Waals surface area contributed by atoms with Crippen LogP contribution in [0.4, 0.5) is 27.5 Å². The molecule has 0 unspecified atom stereocenters. The van der Waals surface area contributed by atoms with Gasteiger partial charge in [0.05, 0.1) is 11.9 Å². The lowest BCUT2D eigenvalue weighted by Gasteiger charge is -2.33. The zero-order valence-electron chi connectivity index (χ0n) is 22.0. The molecule has 2 aromatic carbocycles. The van der Waals surface area contributed by atoms with Gasteiger partial charge in [0.15, 0.2) is 5.82 Å². The second-order valence-corrected chi connectivity index (χ2v) is 14.8. The Morgan fingerprint density at radius 2 is 1.76 bits per heavy atom. The molecular weight excluding hydrogens is 520 g/mol. The first-order valence-corrected chi connectivity index (χ1v) is 16.4. The maximum Gasteiger partial charge on any atom is 0.229 e. The summed E-state index contributed by atoms with van der Waals surface area (Å²) in [5.41, 5.74) is 10.2. The molecule has 0 spiro atoms. The van der Waals surface area contributed by atoms with Crippen LogP contribution in [-0.2, 0) is 17.4 Å². The number of halogens is 2. The van der Waals surface area contributed by atoms with Gasteiger partial charge in [0, 0.05) is 17.0 Å². The largest absolute Gasteiger partial charge is 0.338 e. The zero-order valence-corrected chi connectivity index (χ0v) is 23.7. The van der Waals surface area contributed by atoms with Crippen molar-refractivity contribution in [3.8, 4) is 0 Å². The summed E-state index contributed by atoms with van der Waals surface area (Å²) in [6.45, 7) is 3.21. The van der Waals surface area contributed by atoms with Gasteiger partial charge in [-0.05, 0) is 105 Å². The van der Waals surface area contributed by atoms with Crippen LogP contribution in [0.5, 0.6) is 0 Å².